The lowest BCUT2D eigenvalue weighted by molar-refractivity contribution is -0.139. The van der Waals surface area contributed by atoms with Gasteiger partial charge in [0.25, 0.3) is 0 Å². The Hall–Kier alpha value is -2.18. The molecule has 2 fully saturated rings. The molecule has 0 aromatic heterocycles. The number of carbonyl (C=O) groups excluding carboxylic acids is 1. The van der Waals surface area contributed by atoms with Crippen LogP contribution in [0.15, 0.2) is 54.6 Å². The molecule has 5 nitrogen and oxygen atoms in total. The van der Waals surface area contributed by atoms with E-state index in [1.54, 1.807) is 0 Å². The lowest BCUT2D eigenvalue weighted by Crippen LogP contribution is -2.49. The van der Waals surface area contributed by atoms with Crippen molar-refractivity contribution in [2.45, 2.75) is 44.2 Å². The van der Waals surface area contributed by atoms with Crippen LogP contribution in [0, 0.1) is 5.92 Å². The standard InChI is InChI=1S/C23H28N2O3S/c1-29(27,28)24-21-13-14-25(23(26)19-10-6-11-19)22(21)16-17-7-5-12-20(15-17)18-8-3-2-4-9-18/h2-5,7-9,12,15,19,21-22,24H,6,10-11,13-14,16H2,1H3. The highest BCUT2D eigenvalue weighted by atomic mass is 32.2. The van der Waals surface area contributed by atoms with E-state index >= 15 is 0 Å². The van der Waals surface area contributed by atoms with Crippen molar-refractivity contribution in [3.8, 4) is 11.1 Å². The third kappa shape index (κ3) is 4.70. The summed E-state index contributed by atoms with van der Waals surface area (Å²) in [5, 5.41) is 0. The minimum atomic E-state index is -3.33. The molecule has 1 amide bonds. The molecular formula is C23H28N2O3S. The first kappa shape index (κ1) is 20.1. The SMILES string of the molecule is CS(=O)(=O)NC1CCN(C(=O)C2CCC2)C1Cc1cccc(-c2ccccc2)c1. The molecule has 2 aromatic carbocycles. The summed E-state index contributed by atoms with van der Waals surface area (Å²) in [6.45, 7) is 0.617. The van der Waals surface area contributed by atoms with Crippen molar-refractivity contribution < 1.29 is 13.2 Å². The van der Waals surface area contributed by atoms with Crippen LogP contribution in [0.25, 0.3) is 11.1 Å². The average molecular weight is 413 g/mol. The molecule has 6 heteroatoms. The van der Waals surface area contributed by atoms with Gasteiger partial charge in [-0.25, -0.2) is 13.1 Å². The van der Waals surface area contributed by atoms with Crippen molar-refractivity contribution in [3.05, 3.63) is 60.2 Å². The zero-order chi connectivity index (χ0) is 20.4. The second-order valence-corrected chi connectivity index (χ2v) is 10.1. The average Bonchev–Trinajstić information content (AvgIpc) is 3.02. The second-order valence-electron chi connectivity index (χ2n) is 8.28. The minimum Gasteiger partial charge on any atom is -0.337 e. The monoisotopic (exact) mass is 412 g/mol. The third-order valence-electron chi connectivity index (χ3n) is 6.13. The predicted molar refractivity (Wildman–Crippen MR) is 115 cm³/mol. The smallest absolute Gasteiger partial charge is 0.225 e. The van der Waals surface area contributed by atoms with Crippen molar-refractivity contribution in [1.82, 2.24) is 9.62 Å². The zero-order valence-corrected chi connectivity index (χ0v) is 17.6. The lowest BCUT2D eigenvalue weighted by atomic mass is 9.84. The van der Waals surface area contributed by atoms with Crippen molar-refractivity contribution in [3.63, 3.8) is 0 Å². The fourth-order valence-corrected chi connectivity index (χ4v) is 5.26. The highest BCUT2D eigenvalue weighted by molar-refractivity contribution is 7.88. The van der Waals surface area contributed by atoms with E-state index in [0.29, 0.717) is 19.4 Å². The number of rotatable bonds is 6. The van der Waals surface area contributed by atoms with E-state index in [9.17, 15) is 13.2 Å². The van der Waals surface area contributed by atoms with Crippen molar-refractivity contribution >= 4 is 15.9 Å². The van der Waals surface area contributed by atoms with E-state index in [1.165, 1.54) is 6.26 Å². The topological polar surface area (TPSA) is 66.5 Å². The molecule has 0 radical (unpaired) electrons. The number of nitrogens with zero attached hydrogens (tertiary/aromatic N) is 1. The number of nitrogens with one attached hydrogen (secondary N) is 1. The van der Waals surface area contributed by atoms with Gasteiger partial charge in [-0.15, -0.1) is 0 Å². The first-order valence-corrected chi connectivity index (χ1v) is 12.2. The molecule has 29 heavy (non-hydrogen) atoms. The molecule has 2 atom stereocenters. The van der Waals surface area contributed by atoms with Crippen LogP contribution < -0.4 is 4.72 Å². The summed E-state index contributed by atoms with van der Waals surface area (Å²) >= 11 is 0. The van der Waals surface area contributed by atoms with Crippen LogP contribution in [0.4, 0.5) is 0 Å². The number of sulfonamides is 1. The Kier molecular flexibility index (Phi) is 5.74. The van der Waals surface area contributed by atoms with Gasteiger partial charge in [-0.2, -0.15) is 0 Å². The molecule has 1 saturated heterocycles. The van der Waals surface area contributed by atoms with Gasteiger partial charge in [0.2, 0.25) is 15.9 Å². The maximum atomic E-state index is 13.0. The van der Waals surface area contributed by atoms with Crippen molar-refractivity contribution in [2.75, 3.05) is 12.8 Å². The summed E-state index contributed by atoms with van der Waals surface area (Å²) in [5.74, 6) is 0.309. The first-order valence-electron chi connectivity index (χ1n) is 10.3. The summed E-state index contributed by atoms with van der Waals surface area (Å²) in [7, 11) is -3.33. The molecule has 1 N–H and O–H groups in total. The molecule has 1 aliphatic heterocycles. The van der Waals surface area contributed by atoms with E-state index in [0.717, 1.165) is 36.0 Å². The Morgan fingerprint density at radius 1 is 1.03 bits per heavy atom. The Morgan fingerprint density at radius 3 is 2.41 bits per heavy atom. The van der Waals surface area contributed by atoms with E-state index in [-0.39, 0.29) is 23.9 Å². The van der Waals surface area contributed by atoms with Crippen LogP contribution in [-0.4, -0.2) is 44.1 Å². The summed E-state index contributed by atoms with van der Waals surface area (Å²) < 4.78 is 26.5. The highest BCUT2D eigenvalue weighted by Gasteiger charge is 2.41. The van der Waals surface area contributed by atoms with E-state index < -0.39 is 10.0 Å². The summed E-state index contributed by atoms with van der Waals surface area (Å²) in [6.07, 6.45) is 5.52. The number of hydrogen-bond donors (Lipinski definition) is 1. The molecule has 2 unspecified atom stereocenters. The van der Waals surface area contributed by atoms with Crippen LogP contribution in [-0.2, 0) is 21.2 Å². The van der Waals surface area contributed by atoms with Crippen LogP contribution in [0.1, 0.15) is 31.2 Å². The maximum Gasteiger partial charge on any atom is 0.225 e. The Balaban J connectivity index is 1.59. The number of hydrogen-bond acceptors (Lipinski definition) is 3. The second kappa shape index (κ2) is 8.28. The molecule has 0 bridgehead atoms. The van der Waals surface area contributed by atoms with Crippen LogP contribution in [0.5, 0.6) is 0 Å². The number of benzene rings is 2. The molecule has 1 saturated carbocycles. The quantitative estimate of drug-likeness (QED) is 0.792. The summed E-state index contributed by atoms with van der Waals surface area (Å²) in [4.78, 5) is 14.9. The van der Waals surface area contributed by atoms with Gasteiger partial charge in [-0.1, -0.05) is 61.0 Å². The largest absolute Gasteiger partial charge is 0.337 e. The predicted octanol–water partition coefficient (Wildman–Crippen LogP) is 3.21. The third-order valence-corrected chi connectivity index (χ3v) is 6.86. The molecule has 154 valence electrons. The molecule has 2 aromatic rings. The van der Waals surface area contributed by atoms with E-state index in [1.807, 2.05) is 29.2 Å². The van der Waals surface area contributed by atoms with Crippen molar-refractivity contribution in [2.24, 2.45) is 5.92 Å². The Morgan fingerprint density at radius 2 is 1.76 bits per heavy atom. The van der Waals surface area contributed by atoms with Crippen molar-refractivity contribution in [1.29, 1.82) is 0 Å². The molecular weight excluding hydrogens is 384 g/mol. The number of likely N-dealkylation sites (tertiary alicyclic amines) is 1. The van der Waals surface area contributed by atoms with E-state index in [2.05, 4.69) is 35.1 Å². The first-order chi connectivity index (χ1) is 13.9. The van der Waals surface area contributed by atoms with Gasteiger partial charge in [0.15, 0.2) is 0 Å². The molecule has 1 heterocycles. The van der Waals surface area contributed by atoms with Gasteiger partial charge in [-0.05, 0) is 42.4 Å². The van der Waals surface area contributed by atoms with Crippen LogP contribution >= 0.6 is 0 Å². The van der Waals surface area contributed by atoms with Gasteiger partial charge in [-0.3, -0.25) is 4.79 Å². The van der Waals surface area contributed by atoms with Crippen LogP contribution in [0.2, 0.25) is 0 Å². The molecule has 0 spiro atoms. The zero-order valence-electron chi connectivity index (χ0n) is 16.8. The number of carbonyl (C=O) groups is 1. The van der Waals surface area contributed by atoms with Gasteiger partial charge < -0.3 is 4.90 Å². The summed E-state index contributed by atoms with van der Waals surface area (Å²) in [6, 6.07) is 18.1. The Labute approximate surface area is 173 Å². The Bertz CT molecular complexity index is 971. The summed E-state index contributed by atoms with van der Waals surface area (Å²) in [5.41, 5.74) is 3.39. The van der Waals surface area contributed by atoms with E-state index in [4.69, 9.17) is 0 Å². The lowest BCUT2D eigenvalue weighted by Gasteiger charge is -2.34. The molecule has 2 aliphatic rings. The highest BCUT2D eigenvalue weighted by Crippen LogP contribution is 2.33. The molecule has 4 rings (SSSR count). The van der Waals surface area contributed by atoms with Crippen LogP contribution in [0.3, 0.4) is 0 Å². The van der Waals surface area contributed by atoms with Gasteiger partial charge in [0, 0.05) is 18.5 Å². The van der Waals surface area contributed by atoms with Gasteiger partial charge in [0.05, 0.1) is 12.3 Å². The normalized spacial score (nSPS) is 22.4. The van der Waals surface area contributed by atoms with Gasteiger partial charge >= 0.3 is 0 Å². The number of amides is 1. The van der Waals surface area contributed by atoms with Gasteiger partial charge in [0.1, 0.15) is 0 Å². The minimum absolute atomic E-state index is 0.116. The fraction of sp³-hybridized carbons (Fsp3) is 0.435. The maximum absolute atomic E-state index is 13.0. The molecule has 1 aliphatic carbocycles. The fourth-order valence-electron chi connectivity index (χ4n) is 4.43.